The van der Waals surface area contributed by atoms with Gasteiger partial charge in [-0.25, -0.2) is 0 Å². The Hall–Kier alpha value is -0.520. The fraction of sp³-hybridized carbons (Fsp3) is 0. The summed E-state index contributed by atoms with van der Waals surface area (Å²) in [4.78, 5) is -0.425. The van der Waals surface area contributed by atoms with Crippen molar-refractivity contribution in [2.75, 3.05) is 3.94 Å². The number of hydrogen-bond acceptors (Lipinski definition) is 3. The first-order valence-corrected chi connectivity index (χ1v) is 5.13. The molecule has 3 nitrogen and oxygen atoms in total. The molecule has 0 saturated heterocycles. The van der Waals surface area contributed by atoms with E-state index in [-0.39, 0.29) is 0 Å². The van der Waals surface area contributed by atoms with Crippen LogP contribution in [0.25, 0.3) is 0 Å². The van der Waals surface area contributed by atoms with Crippen LogP contribution in [0.1, 0.15) is 0 Å². The minimum Gasteiger partial charge on any atom is -0.194 e. The van der Waals surface area contributed by atoms with Crippen LogP contribution in [0.4, 0.5) is 9.57 Å². The highest BCUT2D eigenvalue weighted by Gasteiger charge is 2.11. The van der Waals surface area contributed by atoms with Gasteiger partial charge in [-0.3, -0.25) is 0 Å². The average molecular weight is 244 g/mol. The lowest BCUT2D eigenvalue weighted by atomic mass is 10.3. The monoisotopic (exact) mass is 243 g/mol. The zero-order valence-corrected chi connectivity index (χ0v) is 8.44. The predicted molar refractivity (Wildman–Crippen MR) is 48.9 cm³/mol. The third-order valence-electron chi connectivity index (χ3n) is 1.31. The minimum atomic E-state index is -4.65. The Bertz CT molecular complexity index is 390. The quantitative estimate of drug-likeness (QED) is 0.592. The van der Waals surface area contributed by atoms with Gasteiger partial charge in [-0.2, -0.15) is 12.4 Å². The van der Waals surface area contributed by atoms with Gasteiger partial charge < -0.3 is 0 Å². The van der Waals surface area contributed by atoms with Gasteiger partial charge in [0.05, 0.1) is 10.6 Å². The maximum absolute atomic E-state index is 12.3. The Morgan fingerprint density at radius 1 is 1.15 bits per heavy atom. The fourth-order valence-corrected chi connectivity index (χ4v) is 1.41. The third kappa shape index (κ3) is 2.72. The van der Waals surface area contributed by atoms with E-state index < -0.39 is 15.1 Å². The number of anilines is 1. The van der Waals surface area contributed by atoms with Gasteiger partial charge in [-0.15, -0.1) is 3.89 Å². The molecular formula is C6H4Cl2FNO2S. The topological polar surface area (TPSA) is 37.4 Å². The van der Waals surface area contributed by atoms with Gasteiger partial charge in [0.2, 0.25) is 0 Å². The number of halogens is 3. The smallest absolute Gasteiger partial charge is 0.194 e. The molecule has 0 radical (unpaired) electrons. The normalized spacial score (nSPS) is 11.3. The van der Waals surface area contributed by atoms with E-state index in [0.29, 0.717) is 5.69 Å². The summed E-state index contributed by atoms with van der Waals surface area (Å²) in [6.07, 6.45) is 0. The Balaban J connectivity index is 3.08. The average Bonchev–Trinajstić information content (AvgIpc) is 2.03. The summed E-state index contributed by atoms with van der Waals surface area (Å²) in [5.41, 5.74) is 0.357. The van der Waals surface area contributed by atoms with Crippen LogP contribution in [0.15, 0.2) is 29.2 Å². The Kier molecular flexibility index (Phi) is 3.00. The molecule has 1 rings (SSSR count). The molecule has 7 heteroatoms. The zero-order valence-electron chi connectivity index (χ0n) is 6.12. The summed E-state index contributed by atoms with van der Waals surface area (Å²) in [6, 6.07) is 4.71. The molecule has 1 aromatic rings. The number of hydrogen-bond donors (Lipinski definition) is 0. The van der Waals surface area contributed by atoms with Gasteiger partial charge in [-0.05, 0) is 24.3 Å². The second-order valence-electron chi connectivity index (χ2n) is 2.16. The molecule has 0 saturated carbocycles. The van der Waals surface area contributed by atoms with Crippen LogP contribution < -0.4 is 3.94 Å². The molecule has 0 bridgehead atoms. The van der Waals surface area contributed by atoms with Gasteiger partial charge in [0.25, 0.3) is 0 Å². The molecule has 0 aliphatic heterocycles. The lowest BCUT2D eigenvalue weighted by molar-refractivity contribution is 0.552. The molecule has 0 aliphatic carbocycles. The van der Waals surface area contributed by atoms with Crippen molar-refractivity contribution in [2.24, 2.45) is 0 Å². The van der Waals surface area contributed by atoms with E-state index in [9.17, 15) is 12.3 Å². The number of rotatable bonds is 2. The lowest BCUT2D eigenvalue weighted by Crippen LogP contribution is -1.94. The molecule has 0 fully saturated rings. The molecule has 0 heterocycles. The molecule has 0 N–H and O–H groups in total. The second-order valence-corrected chi connectivity index (χ2v) is 4.36. The summed E-state index contributed by atoms with van der Waals surface area (Å²) in [5.74, 6) is 0. The molecule has 72 valence electrons. The van der Waals surface area contributed by atoms with E-state index in [1.807, 2.05) is 0 Å². The zero-order chi connectivity index (χ0) is 10.1. The number of benzene rings is 1. The van der Waals surface area contributed by atoms with Crippen LogP contribution in [-0.2, 0) is 10.2 Å². The molecule has 0 aliphatic rings. The first-order valence-electron chi connectivity index (χ1n) is 3.07. The predicted octanol–water partition coefficient (Wildman–Crippen LogP) is 2.46. The van der Waals surface area contributed by atoms with E-state index >= 15 is 0 Å². The Morgan fingerprint density at radius 3 is 1.92 bits per heavy atom. The van der Waals surface area contributed by atoms with Crippen LogP contribution in [0, 0.1) is 0 Å². The van der Waals surface area contributed by atoms with Crippen LogP contribution >= 0.6 is 23.6 Å². The van der Waals surface area contributed by atoms with Crippen molar-refractivity contribution >= 4 is 39.5 Å². The molecule has 13 heavy (non-hydrogen) atoms. The standard InChI is InChI=1S/C6H4Cl2FNO2S/c7-10(8)5-1-3-6(4-2-5)13(9,11)12/h1-4H. The van der Waals surface area contributed by atoms with Crippen LogP contribution in [-0.4, -0.2) is 8.42 Å². The molecular weight excluding hydrogens is 240 g/mol. The SMILES string of the molecule is O=S(=O)(F)c1ccc(N(Cl)Cl)cc1. The van der Waals surface area contributed by atoms with Crippen molar-refractivity contribution in [2.45, 2.75) is 4.90 Å². The van der Waals surface area contributed by atoms with Gasteiger partial charge in [0, 0.05) is 23.6 Å². The van der Waals surface area contributed by atoms with Crippen molar-refractivity contribution in [1.82, 2.24) is 0 Å². The summed E-state index contributed by atoms with van der Waals surface area (Å²) in [5, 5.41) is 0. The van der Waals surface area contributed by atoms with Crippen molar-refractivity contribution < 1.29 is 12.3 Å². The van der Waals surface area contributed by atoms with Crippen molar-refractivity contribution in [3.8, 4) is 0 Å². The third-order valence-corrected chi connectivity index (χ3v) is 2.54. The minimum absolute atomic E-state index is 0.357. The van der Waals surface area contributed by atoms with E-state index in [4.69, 9.17) is 23.6 Å². The van der Waals surface area contributed by atoms with E-state index in [1.54, 1.807) is 0 Å². The Morgan fingerprint density at radius 2 is 1.62 bits per heavy atom. The highest BCUT2D eigenvalue weighted by atomic mass is 35.5. The summed E-state index contributed by atoms with van der Waals surface area (Å²) >= 11 is 10.7. The highest BCUT2D eigenvalue weighted by Crippen LogP contribution is 2.21. The molecule has 0 spiro atoms. The van der Waals surface area contributed by atoms with Gasteiger partial charge in [-0.1, -0.05) is 0 Å². The fourth-order valence-electron chi connectivity index (χ4n) is 0.721. The van der Waals surface area contributed by atoms with Crippen LogP contribution in [0.5, 0.6) is 0 Å². The maximum Gasteiger partial charge on any atom is 0.332 e. The highest BCUT2D eigenvalue weighted by molar-refractivity contribution is 7.86. The summed E-state index contributed by atoms with van der Waals surface area (Å²) in [6.45, 7) is 0. The van der Waals surface area contributed by atoms with Crippen molar-refractivity contribution in [3.63, 3.8) is 0 Å². The lowest BCUT2D eigenvalue weighted by Gasteiger charge is -2.04. The second kappa shape index (κ2) is 3.69. The van der Waals surface area contributed by atoms with Gasteiger partial charge >= 0.3 is 10.2 Å². The van der Waals surface area contributed by atoms with Crippen molar-refractivity contribution in [1.29, 1.82) is 0 Å². The Labute approximate surface area is 85.1 Å². The largest absolute Gasteiger partial charge is 0.332 e. The summed E-state index contributed by atoms with van der Waals surface area (Å²) in [7, 11) is -4.65. The molecule has 1 aromatic carbocycles. The van der Waals surface area contributed by atoms with E-state index in [2.05, 4.69) is 0 Å². The molecule has 0 amide bonds. The number of nitrogens with zero attached hydrogens (tertiary/aromatic N) is 1. The van der Waals surface area contributed by atoms with Gasteiger partial charge in [0.15, 0.2) is 0 Å². The molecule has 0 aromatic heterocycles. The first kappa shape index (κ1) is 10.6. The van der Waals surface area contributed by atoms with Crippen LogP contribution in [0.3, 0.4) is 0 Å². The van der Waals surface area contributed by atoms with Crippen LogP contribution in [0.2, 0.25) is 0 Å². The summed E-state index contributed by atoms with van der Waals surface area (Å²) < 4.78 is 33.8. The molecule has 0 unspecified atom stereocenters. The van der Waals surface area contributed by atoms with Crippen molar-refractivity contribution in [3.05, 3.63) is 24.3 Å². The van der Waals surface area contributed by atoms with E-state index in [0.717, 1.165) is 16.1 Å². The maximum atomic E-state index is 12.3. The van der Waals surface area contributed by atoms with E-state index in [1.165, 1.54) is 12.1 Å². The first-order chi connectivity index (χ1) is 5.91. The van der Waals surface area contributed by atoms with Gasteiger partial charge in [0.1, 0.15) is 0 Å². The molecule has 0 atom stereocenters.